The number of carbonyl (C=O) groups is 1. The van der Waals surface area contributed by atoms with Gasteiger partial charge < -0.3 is 4.98 Å². The van der Waals surface area contributed by atoms with E-state index >= 15 is 0 Å². The lowest BCUT2D eigenvalue weighted by Gasteiger charge is -2.29. The average molecular weight is 392 g/mol. The van der Waals surface area contributed by atoms with Crippen molar-refractivity contribution in [2.45, 2.75) is 33.2 Å². The van der Waals surface area contributed by atoms with Crippen molar-refractivity contribution < 1.29 is 10.0 Å². The molecule has 1 amide bonds. The van der Waals surface area contributed by atoms with Crippen molar-refractivity contribution in [3.63, 3.8) is 0 Å². The molecular weight excluding hydrogens is 362 g/mol. The molecule has 2 aromatic carbocycles. The molecule has 152 valence electrons. The number of hydroxylamine groups is 1. The van der Waals surface area contributed by atoms with Gasteiger partial charge in [0.2, 0.25) is 0 Å². The van der Waals surface area contributed by atoms with Gasteiger partial charge >= 0.3 is 0 Å². The fourth-order valence-corrected chi connectivity index (χ4v) is 3.76. The zero-order chi connectivity index (χ0) is 20.6. The molecule has 1 aromatic heterocycles. The number of nitrogens with one attached hydrogen (secondary N) is 2. The first-order valence-electron chi connectivity index (χ1n) is 10.2. The number of nitrogens with zero attached hydrogens (tertiary/aromatic N) is 1. The molecule has 0 saturated carbocycles. The molecule has 3 aromatic rings. The van der Waals surface area contributed by atoms with E-state index in [0.717, 1.165) is 38.0 Å². The van der Waals surface area contributed by atoms with E-state index in [-0.39, 0.29) is 0 Å². The van der Waals surface area contributed by atoms with Crippen molar-refractivity contribution in [1.29, 1.82) is 0 Å². The third-order valence-corrected chi connectivity index (χ3v) is 5.23. The molecule has 0 atom stereocenters. The number of aromatic amines is 1. The van der Waals surface area contributed by atoms with Gasteiger partial charge in [-0.1, -0.05) is 50.2 Å². The van der Waals surface area contributed by atoms with Gasteiger partial charge in [-0.2, -0.15) is 0 Å². The first kappa shape index (κ1) is 20.8. The van der Waals surface area contributed by atoms with Gasteiger partial charge in [-0.25, -0.2) is 5.48 Å². The maximum absolute atomic E-state index is 11.2. The number of H-pyrrole nitrogens is 1. The predicted octanol–water partition coefficient (Wildman–Crippen LogP) is 4.31. The number of aromatic nitrogens is 1. The van der Waals surface area contributed by atoms with Crippen LogP contribution in [0.5, 0.6) is 0 Å². The number of hydrogen-bond acceptors (Lipinski definition) is 3. The topological polar surface area (TPSA) is 68.4 Å². The van der Waals surface area contributed by atoms with E-state index in [1.807, 2.05) is 19.9 Å². The van der Waals surface area contributed by atoms with Crippen LogP contribution in [-0.4, -0.2) is 34.1 Å². The summed E-state index contributed by atoms with van der Waals surface area (Å²) in [6.45, 7) is 7.01. The van der Waals surface area contributed by atoms with Crippen LogP contribution in [0.2, 0.25) is 0 Å². The van der Waals surface area contributed by atoms with Gasteiger partial charge in [0, 0.05) is 42.8 Å². The molecule has 4 rings (SSSR count). The van der Waals surface area contributed by atoms with Crippen molar-refractivity contribution in [2.75, 3.05) is 13.1 Å². The minimum absolute atomic E-state index is 0.520. The molecule has 1 aliphatic heterocycles. The van der Waals surface area contributed by atoms with Gasteiger partial charge in [0.25, 0.3) is 5.91 Å². The third kappa shape index (κ3) is 5.13. The monoisotopic (exact) mass is 391 g/mol. The van der Waals surface area contributed by atoms with Crippen LogP contribution in [0.3, 0.4) is 0 Å². The van der Waals surface area contributed by atoms with Crippen molar-refractivity contribution >= 4 is 22.9 Å². The Bertz CT molecular complexity index is 991. The summed E-state index contributed by atoms with van der Waals surface area (Å²) in [6, 6.07) is 14.7. The highest BCUT2D eigenvalue weighted by molar-refractivity contribution is 5.90. The molecule has 0 aliphatic carbocycles. The number of benzene rings is 2. The summed E-state index contributed by atoms with van der Waals surface area (Å²) in [6.07, 6.45) is 7.24. The molecule has 2 heterocycles. The Morgan fingerprint density at radius 3 is 2.86 bits per heavy atom. The van der Waals surface area contributed by atoms with Gasteiger partial charge in [-0.15, -0.1) is 0 Å². The molecule has 29 heavy (non-hydrogen) atoms. The zero-order valence-corrected chi connectivity index (χ0v) is 17.1. The van der Waals surface area contributed by atoms with E-state index in [2.05, 4.69) is 52.5 Å². The molecule has 0 saturated heterocycles. The first-order chi connectivity index (χ1) is 14.2. The molecule has 0 radical (unpaired) electrons. The van der Waals surface area contributed by atoms with Crippen molar-refractivity contribution in [3.05, 3.63) is 77.0 Å². The number of rotatable bonds is 5. The van der Waals surface area contributed by atoms with Gasteiger partial charge in [-0.3, -0.25) is 14.9 Å². The Morgan fingerprint density at radius 2 is 2.03 bits per heavy atom. The number of carbonyl (C=O) groups excluding carboxylic acids is 1. The Morgan fingerprint density at radius 1 is 1.21 bits per heavy atom. The molecular formula is C24H29N3O2. The lowest BCUT2D eigenvalue weighted by Crippen LogP contribution is -2.32. The Hall–Kier alpha value is -2.89. The van der Waals surface area contributed by atoms with Gasteiger partial charge in [0.05, 0.1) is 0 Å². The third-order valence-electron chi connectivity index (χ3n) is 5.23. The molecule has 0 unspecified atom stereocenters. The minimum atomic E-state index is -0.520. The summed E-state index contributed by atoms with van der Waals surface area (Å²) in [5, 5.41) is 9.89. The van der Waals surface area contributed by atoms with E-state index in [0.29, 0.717) is 0 Å². The number of amides is 1. The lowest BCUT2D eigenvalue weighted by molar-refractivity contribution is -0.124. The fraction of sp³-hybridized carbons (Fsp3) is 0.292. The van der Waals surface area contributed by atoms with Crippen LogP contribution in [-0.2, 0) is 24.2 Å². The zero-order valence-electron chi connectivity index (χ0n) is 17.1. The molecule has 0 fully saturated rings. The second-order valence-corrected chi connectivity index (χ2v) is 6.97. The summed E-state index contributed by atoms with van der Waals surface area (Å²) in [5.74, 6) is -0.520. The van der Waals surface area contributed by atoms with Crippen LogP contribution in [0.15, 0.2) is 54.7 Å². The summed E-state index contributed by atoms with van der Waals surface area (Å²) < 4.78 is 0. The maximum atomic E-state index is 11.2. The van der Waals surface area contributed by atoms with Crippen LogP contribution in [0.1, 0.15) is 36.1 Å². The van der Waals surface area contributed by atoms with Gasteiger partial charge in [-0.05, 0) is 47.2 Å². The molecule has 3 N–H and O–H groups in total. The highest BCUT2D eigenvalue weighted by atomic mass is 16.5. The second kappa shape index (κ2) is 10.0. The summed E-state index contributed by atoms with van der Waals surface area (Å²) >= 11 is 0. The molecule has 5 heteroatoms. The van der Waals surface area contributed by atoms with Crippen molar-refractivity contribution in [2.24, 2.45) is 0 Å². The largest absolute Gasteiger partial charge is 0.361 e. The van der Waals surface area contributed by atoms with E-state index in [1.54, 1.807) is 11.6 Å². The van der Waals surface area contributed by atoms with Gasteiger partial charge in [0.15, 0.2) is 0 Å². The maximum Gasteiger partial charge on any atom is 0.267 e. The summed E-state index contributed by atoms with van der Waals surface area (Å²) in [7, 11) is 0. The fourth-order valence-electron chi connectivity index (χ4n) is 3.76. The van der Waals surface area contributed by atoms with Crippen LogP contribution >= 0.6 is 0 Å². The van der Waals surface area contributed by atoms with Crippen LogP contribution < -0.4 is 5.48 Å². The lowest BCUT2D eigenvalue weighted by atomic mass is 9.97. The molecule has 0 bridgehead atoms. The Kier molecular flexibility index (Phi) is 7.22. The second-order valence-electron chi connectivity index (χ2n) is 6.97. The Balaban J connectivity index is 0.00000117. The SMILES string of the molecule is CC.O=C(/C=C/c1ccc2c(c1)CN(CCc1c[nH]c3ccccc13)CC2)NO. The number of fused-ring (bicyclic) bond motifs is 2. The smallest absolute Gasteiger partial charge is 0.267 e. The van der Waals surface area contributed by atoms with Crippen LogP contribution in [0.4, 0.5) is 0 Å². The minimum Gasteiger partial charge on any atom is -0.361 e. The molecule has 5 nitrogen and oxygen atoms in total. The van der Waals surface area contributed by atoms with Gasteiger partial charge in [0.1, 0.15) is 0 Å². The van der Waals surface area contributed by atoms with Crippen molar-refractivity contribution in [1.82, 2.24) is 15.4 Å². The summed E-state index contributed by atoms with van der Waals surface area (Å²) in [4.78, 5) is 17.0. The van der Waals surface area contributed by atoms with E-state index < -0.39 is 5.91 Å². The molecule has 0 spiro atoms. The number of hydrogen-bond donors (Lipinski definition) is 3. The predicted molar refractivity (Wildman–Crippen MR) is 118 cm³/mol. The Labute approximate surface area is 172 Å². The highest BCUT2D eigenvalue weighted by Crippen LogP contribution is 2.23. The normalized spacial score (nSPS) is 13.8. The molecule has 1 aliphatic rings. The quantitative estimate of drug-likeness (QED) is 0.345. The van der Waals surface area contributed by atoms with E-state index in [1.165, 1.54) is 33.7 Å². The first-order valence-corrected chi connectivity index (χ1v) is 10.2. The van der Waals surface area contributed by atoms with Crippen molar-refractivity contribution in [3.8, 4) is 0 Å². The highest BCUT2D eigenvalue weighted by Gasteiger charge is 2.16. The average Bonchev–Trinajstić information content (AvgIpc) is 3.20. The van der Waals surface area contributed by atoms with Crippen LogP contribution in [0.25, 0.3) is 17.0 Å². The van der Waals surface area contributed by atoms with E-state index in [4.69, 9.17) is 5.21 Å². The van der Waals surface area contributed by atoms with Crippen LogP contribution in [0, 0.1) is 0 Å². The standard InChI is InChI=1S/C22H23N3O2.C2H6/c26-22(24-27)8-6-16-5-7-17-9-11-25(15-19(17)13-16)12-10-18-14-23-21-4-2-1-3-20(18)21;1-2/h1-8,13-14,23,27H,9-12,15H2,(H,24,26);1-2H3/b8-6+;. The number of para-hydroxylation sites is 1. The summed E-state index contributed by atoms with van der Waals surface area (Å²) in [5.41, 5.74) is 7.83. The van der Waals surface area contributed by atoms with E-state index in [9.17, 15) is 4.79 Å².